The molecule has 2 aromatic carbocycles. The Morgan fingerprint density at radius 3 is 2.78 bits per heavy atom. The highest BCUT2D eigenvalue weighted by Crippen LogP contribution is 2.38. The van der Waals surface area contributed by atoms with Crippen LogP contribution >= 0.6 is 0 Å². The zero-order valence-corrected chi connectivity index (χ0v) is 15.4. The highest BCUT2D eigenvalue weighted by Gasteiger charge is 2.23. The van der Waals surface area contributed by atoms with Crippen molar-refractivity contribution in [2.24, 2.45) is 0 Å². The molecule has 0 aromatic heterocycles. The number of rotatable bonds is 6. The first-order valence-electron chi connectivity index (χ1n) is 8.66. The lowest BCUT2D eigenvalue weighted by Gasteiger charge is -2.14. The summed E-state index contributed by atoms with van der Waals surface area (Å²) in [6.07, 6.45) is 0.846. The number of nitro benzene ring substituents is 1. The molecule has 2 N–H and O–H groups in total. The van der Waals surface area contributed by atoms with Gasteiger partial charge in [0.1, 0.15) is 23.3 Å². The van der Waals surface area contributed by atoms with Crippen LogP contribution in [0.1, 0.15) is 29.8 Å². The normalized spacial score (nSPS) is 14.9. The number of nitrogens with zero attached hydrogens (tertiary/aromatic N) is 1. The van der Waals surface area contributed by atoms with Crippen molar-refractivity contribution in [1.82, 2.24) is 0 Å². The summed E-state index contributed by atoms with van der Waals surface area (Å²) in [5.41, 5.74) is 1.85. The summed E-state index contributed by atoms with van der Waals surface area (Å²) in [5.74, 6) is 0.786. The lowest BCUT2D eigenvalue weighted by Crippen LogP contribution is -2.14. The van der Waals surface area contributed by atoms with Crippen LogP contribution in [0.4, 0.5) is 17.1 Å². The number of amides is 1. The van der Waals surface area contributed by atoms with Gasteiger partial charge in [0.25, 0.3) is 11.6 Å². The minimum Gasteiger partial charge on any atom is -0.492 e. The van der Waals surface area contributed by atoms with Crippen molar-refractivity contribution in [2.75, 3.05) is 24.3 Å². The summed E-state index contributed by atoms with van der Waals surface area (Å²) in [4.78, 5) is 23.3. The average Bonchev–Trinajstić information content (AvgIpc) is 3.00. The molecule has 1 aliphatic heterocycles. The Balaban J connectivity index is 1.91. The number of carbonyl (C=O) groups excluding carboxylic acids is 1. The van der Waals surface area contributed by atoms with E-state index in [1.165, 1.54) is 18.2 Å². The van der Waals surface area contributed by atoms with Gasteiger partial charge in [-0.15, -0.1) is 0 Å². The van der Waals surface area contributed by atoms with Gasteiger partial charge in [-0.1, -0.05) is 0 Å². The number of fused-ring (bicyclic) bond motifs is 1. The lowest BCUT2D eigenvalue weighted by atomic mass is 10.1. The molecule has 0 fully saturated rings. The van der Waals surface area contributed by atoms with Crippen LogP contribution in [0.5, 0.6) is 11.5 Å². The zero-order valence-electron chi connectivity index (χ0n) is 15.4. The maximum Gasteiger partial charge on any atom is 0.293 e. The van der Waals surface area contributed by atoms with Crippen LogP contribution in [-0.4, -0.2) is 30.6 Å². The van der Waals surface area contributed by atoms with Crippen molar-refractivity contribution in [3.05, 3.63) is 51.6 Å². The van der Waals surface area contributed by atoms with Crippen molar-refractivity contribution in [3.63, 3.8) is 0 Å². The molecule has 1 atom stereocenters. The van der Waals surface area contributed by atoms with Crippen molar-refractivity contribution >= 4 is 23.0 Å². The predicted molar refractivity (Wildman–Crippen MR) is 102 cm³/mol. The van der Waals surface area contributed by atoms with Crippen LogP contribution < -0.4 is 20.1 Å². The third kappa shape index (κ3) is 3.79. The molecule has 8 nitrogen and oxygen atoms in total. The number of nitrogens with one attached hydrogen (secondary N) is 2. The quantitative estimate of drug-likeness (QED) is 0.594. The Hall–Kier alpha value is -3.29. The van der Waals surface area contributed by atoms with Crippen LogP contribution in [0.25, 0.3) is 0 Å². The lowest BCUT2D eigenvalue weighted by molar-refractivity contribution is -0.384. The van der Waals surface area contributed by atoms with E-state index in [0.29, 0.717) is 29.5 Å². The Morgan fingerprint density at radius 2 is 2.11 bits per heavy atom. The second kappa shape index (κ2) is 7.53. The standard InChI is InChI=1S/C19H21N3O5/c1-4-26-18-9-13-7-11(2)27-17(13)10-15(18)21-19(23)12-5-6-14(20-3)16(8-12)22(24)25/h5-6,8-11,20H,4,7H2,1-3H3,(H,21,23)/t11-/m0/s1. The minimum absolute atomic E-state index is 0.0668. The molecule has 0 saturated heterocycles. The van der Waals surface area contributed by atoms with Gasteiger partial charge < -0.3 is 20.1 Å². The predicted octanol–water partition coefficient (Wildman–Crippen LogP) is 3.61. The first kappa shape index (κ1) is 18.5. The fourth-order valence-corrected chi connectivity index (χ4v) is 3.04. The maximum absolute atomic E-state index is 12.7. The van der Waals surface area contributed by atoms with E-state index in [1.807, 2.05) is 19.9 Å². The fraction of sp³-hybridized carbons (Fsp3) is 0.316. The molecule has 8 heteroatoms. The topological polar surface area (TPSA) is 103 Å². The molecule has 2 aromatic rings. The van der Waals surface area contributed by atoms with Gasteiger partial charge in [-0.25, -0.2) is 0 Å². The van der Waals surface area contributed by atoms with Gasteiger partial charge in [-0.2, -0.15) is 0 Å². The minimum atomic E-state index is -0.529. The van der Waals surface area contributed by atoms with Gasteiger partial charge in [0.05, 0.1) is 17.2 Å². The van der Waals surface area contributed by atoms with Crippen LogP contribution in [-0.2, 0) is 6.42 Å². The van der Waals surface area contributed by atoms with E-state index in [9.17, 15) is 14.9 Å². The monoisotopic (exact) mass is 371 g/mol. The summed E-state index contributed by atoms with van der Waals surface area (Å²) < 4.78 is 11.4. The van der Waals surface area contributed by atoms with E-state index in [-0.39, 0.29) is 17.4 Å². The molecule has 1 aliphatic rings. The molecular weight excluding hydrogens is 350 g/mol. The largest absolute Gasteiger partial charge is 0.492 e. The van der Waals surface area contributed by atoms with Crippen LogP contribution in [0.15, 0.2) is 30.3 Å². The Kier molecular flexibility index (Phi) is 5.16. The molecular formula is C19H21N3O5. The molecule has 0 bridgehead atoms. The summed E-state index contributed by atoms with van der Waals surface area (Å²) in [7, 11) is 1.59. The van der Waals surface area contributed by atoms with E-state index in [0.717, 1.165) is 12.0 Å². The van der Waals surface area contributed by atoms with Gasteiger partial charge in [-0.05, 0) is 32.0 Å². The third-order valence-corrected chi connectivity index (χ3v) is 4.27. The average molecular weight is 371 g/mol. The smallest absolute Gasteiger partial charge is 0.293 e. The molecule has 0 spiro atoms. The summed E-state index contributed by atoms with van der Waals surface area (Å²) in [5, 5.41) is 16.7. The van der Waals surface area contributed by atoms with Crippen molar-refractivity contribution in [2.45, 2.75) is 26.4 Å². The van der Waals surface area contributed by atoms with Crippen LogP contribution in [0.2, 0.25) is 0 Å². The number of carbonyl (C=O) groups is 1. The molecule has 27 heavy (non-hydrogen) atoms. The second-order valence-corrected chi connectivity index (χ2v) is 6.21. The number of anilines is 2. The summed E-state index contributed by atoms with van der Waals surface area (Å²) in [6, 6.07) is 7.88. The molecule has 1 amide bonds. The number of hydrogen-bond acceptors (Lipinski definition) is 6. The van der Waals surface area contributed by atoms with Gasteiger partial charge in [-0.3, -0.25) is 14.9 Å². The molecule has 0 radical (unpaired) electrons. The second-order valence-electron chi connectivity index (χ2n) is 6.21. The molecule has 3 rings (SSSR count). The molecule has 0 unspecified atom stereocenters. The number of hydrogen-bond donors (Lipinski definition) is 2. The SMILES string of the molecule is CCOc1cc2c(cc1NC(=O)c1ccc(NC)c([N+](=O)[O-])c1)O[C@@H](C)C2. The van der Waals surface area contributed by atoms with Gasteiger partial charge >= 0.3 is 0 Å². The number of ether oxygens (including phenoxy) is 2. The summed E-state index contributed by atoms with van der Waals surface area (Å²) in [6.45, 7) is 4.28. The fourth-order valence-electron chi connectivity index (χ4n) is 3.04. The van der Waals surface area contributed by atoms with Gasteiger partial charge in [0.15, 0.2) is 0 Å². The van der Waals surface area contributed by atoms with Crippen molar-refractivity contribution < 1.29 is 19.2 Å². The van der Waals surface area contributed by atoms with E-state index in [4.69, 9.17) is 9.47 Å². The molecule has 1 heterocycles. The Labute approximate surface area is 156 Å². The number of benzene rings is 2. The highest BCUT2D eigenvalue weighted by molar-refractivity contribution is 6.06. The first-order chi connectivity index (χ1) is 12.9. The molecule has 0 saturated carbocycles. The van der Waals surface area contributed by atoms with Gasteiger partial charge in [0, 0.05) is 36.7 Å². The summed E-state index contributed by atoms with van der Waals surface area (Å²) >= 11 is 0. The zero-order chi connectivity index (χ0) is 19.6. The van der Waals surface area contributed by atoms with E-state index < -0.39 is 10.8 Å². The highest BCUT2D eigenvalue weighted by atomic mass is 16.6. The van der Waals surface area contributed by atoms with Crippen LogP contribution in [0.3, 0.4) is 0 Å². The molecule has 0 aliphatic carbocycles. The maximum atomic E-state index is 12.7. The van der Waals surface area contributed by atoms with Crippen molar-refractivity contribution in [1.29, 1.82) is 0 Å². The Morgan fingerprint density at radius 1 is 1.33 bits per heavy atom. The Bertz CT molecular complexity index is 897. The van der Waals surface area contributed by atoms with Crippen LogP contribution in [0, 0.1) is 10.1 Å². The molecule has 142 valence electrons. The van der Waals surface area contributed by atoms with E-state index in [2.05, 4.69) is 10.6 Å². The van der Waals surface area contributed by atoms with E-state index >= 15 is 0 Å². The third-order valence-electron chi connectivity index (χ3n) is 4.27. The van der Waals surface area contributed by atoms with Gasteiger partial charge in [0.2, 0.25) is 0 Å². The number of nitro groups is 1. The first-order valence-corrected chi connectivity index (χ1v) is 8.66. The van der Waals surface area contributed by atoms with Crippen molar-refractivity contribution in [3.8, 4) is 11.5 Å². The van der Waals surface area contributed by atoms with E-state index in [1.54, 1.807) is 13.1 Å².